The zero-order chi connectivity index (χ0) is 13.4. The van der Waals surface area contributed by atoms with E-state index in [-0.39, 0.29) is 12.0 Å². The molecule has 19 heavy (non-hydrogen) atoms. The summed E-state index contributed by atoms with van der Waals surface area (Å²) in [7, 11) is 0. The van der Waals surface area contributed by atoms with Crippen LogP contribution in [-0.2, 0) is 4.79 Å². The van der Waals surface area contributed by atoms with Crippen LogP contribution in [0.3, 0.4) is 0 Å². The van der Waals surface area contributed by atoms with Gasteiger partial charge in [0, 0.05) is 18.6 Å². The first kappa shape index (κ1) is 13.4. The van der Waals surface area contributed by atoms with Crippen molar-refractivity contribution < 1.29 is 4.79 Å². The zero-order valence-corrected chi connectivity index (χ0v) is 12.2. The number of rotatable bonds is 1. The Kier molecular flexibility index (Phi) is 3.84. The third-order valence-corrected chi connectivity index (χ3v) is 5.76. The second-order valence-corrected chi connectivity index (χ2v) is 7.12. The van der Waals surface area contributed by atoms with Gasteiger partial charge in [0.2, 0.25) is 5.91 Å². The molecule has 1 saturated heterocycles. The van der Waals surface area contributed by atoms with Crippen LogP contribution in [-0.4, -0.2) is 29.4 Å². The minimum atomic E-state index is 0.100. The first-order valence-corrected chi connectivity index (χ1v) is 8.23. The highest BCUT2D eigenvalue weighted by molar-refractivity contribution is 5.80. The summed E-state index contributed by atoms with van der Waals surface area (Å²) in [5.41, 5.74) is 6.24. The number of carbonyl (C=O) groups is 1. The quantitative estimate of drug-likeness (QED) is 0.791. The van der Waals surface area contributed by atoms with Crippen molar-refractivity contribution >= 4 is 5.91 Å². The number of likely N-dealkylation sites (tertiary alicyclic amines) is 1. The van der Waals surface area contributed by atoms with Crippen LogP contribution in [0.2, 0.25) is 0 Å². The number of amides is 1. The Morgan fingerprint density at radius 2 is 1.89 bits per heavy atom. The summed E-state index contributed by atoms with van der Waals surface area (Å²) in [5.74, 6) is 1.94. The lowest BCUT2D eigenvalue weighted by Gasteiger charge is -2.42. The van der Waals surface area contributed by atoms with Gasteiger partial charge in [0.15, 0.2) is 0 Å². The lowest BCUT2D eigenvalue weighted by molar-refractivity contribution is -0.142. The van der Waals surface area contributed by atoms with Crippen LogP contribution < -0.4 is 5.73 Å². The number of piperidine rings is 1. The maximum atomic E-state index is 12.9. The van der Waals surface area contributed by atoms with Crippen LogP contribution in [0.1, 0.15) is 58.3 Å². The highest BCUT2D eigenvalue weighted by Gasteiger charge is 2.41. The van der Waals surface area contributed by atoms with Crippen molar-refractivity contribution in [3.63, 3.8) is 0 Å². The SMILES string of the molecule is CC1CCC(N)C(C(=O)N2CCCC3CCCC32)C1. The van der Waals surface area contributed by atoms with Crippen LogP contribution in [0.4, 0.5) is 0 Å². The molecule has 0 bridgehead atoms. The van der Waals surface area contributed by atoms with Crippen molar-refractivity contribution in [2.45, 2.75) is 70.4 Å². The van der Waals surface area contributed by atoms with E-state index in [2.05, 4.69) is 11.8 Å². The molecule has 3 fully saturated rings. The Balaban J connectivity index is 1.71. The first-order chi connectivity index (χ1) is 9.16. The summed E-state index contributed by atoms with van der Waals surface area (Å²) in [5, 5.41) is 0. The fourth-order valence-electron chi connectivity index (χ4n) is 4.63. The van der Waals surface area contributed by atoms with Gasteiger partial charge >= 0.3 is 0 Å². The molecule has 1 heterocycles. The van der Waals surface area contributed by atoms with Gasteiger partial charge < -0.3 is 10.6 Å². The van der Waals surface area contributed by atoms with E-state index in [9.17, 15) is 4.79 Å². The summed E-state index contributed by atoms with van der Waals surface area (Å²) in [6.45, 7) is 3.25. The Morgan fingerprint density at radius 1 is 1.11 bits per heavy atom. The molecular formula is C16H28N2O. The number of carbonyl (C=O) groups excluding carboxylic acids is 1. The monoisotopic (exact) mass is 264 g/mol. The van der Waals surface area contributed by atoms with Gasteiger partial charge in [-0.3, -0.25) is 4.79 Å². The minimum absolute atomic E-state index is 0.100. The van der Waals surface area contributed by atoms with E-state index in [4.69, 9.17) is 5.73 Å². The van der Waals surface area contributed by atoms with Gasteiger partial charge in [-0.25, -0.2) is 0 Å². The third kappa shape index (κ3) is 2.54. The molecule has 3 nitrogen and oxygen atoms in total. The van der Waals surface area contributed by atoms with Gasteiger partial charge in [-0.2, -0.15) is 0 Å². The Morgan fingerprint density at radius 3 is 2.74 bits per heavy atom. The normalized spacial score (nSPS) is 43.1. The molecule has 3 rings (SSSR count). The Hall–Kier alpha value is -0.570. The molecular weight excluding hydrogens is 236 g/mol. The minimum Gasteiger partial charge on any atom is -0.339 e. The molecule has 2 aliphatic carbocycles. The summed E-state index contributed by atoms with van der Waals surface area (Å²) < 4.78 is 0. The maximum Gasteiger partial charge on any atom is 0.227 e. The van der Waals surface area contributed by atoms with Crippen LogP contribution in [0.15, 0.2) is 0 Å². The van der Waals surface area contributed by atoms with Crippen LogP contribution >= 0.6 is 0 Å². The van der Waals surface area contributed by atoms with Gasteiger partial charge in [0.05, 0.1) is 5.92 Å². The number of nitrogens with two attached hydrogens (primary N) is 1. The topological polar surface area (TPSA) is 46.3 Å². The van der Waals surface area contributed by atoms with Gasteiger partial charge in [-0.15, -0.1) is 0 Å². The third-order valence-electron chi connectivity index (χ3n) is 5.76. The number of hydrogen-bond acceptors (Lipinski definition) is 2. The van der Waals surface area contributed by atoms with E-state index in [0.717, 1.165) is 25.3 Å². The molecule has 0 radical (unpaired) electrons. The van der Waals surface area contributed by atoms with Crippen LogP contribution in [0, 0.1) is 17.8 Å². The molecule has 2 N–H and O–H groups in total. The molecule has 2 saturated carbocycles. The zero-order valence-electron chi connectivity index (χ0n) is 12.2. The lowest BCUT2D eigenvalue weighted by atomic mass is 9.77. The predicted octanol–water partition coefficient (Wildman–Crippen LogP) is 2.54. The average Bonchev–Trinajstić information content (AvgIpc) is 2.89. The van der Waals surface area contributed by atoms with E-state index in [1.807, 2.05) is 0 Å². The van der Waals surface area contributed by atoms with Crippen molar-refractivity contribution in [1.29, 1.82) is 0 Å². The molecule has 5 atom stereocenters. The Labute approximate surface area is 116 Å². The van der Waals surface area contributed by atoms with Crippen molar-refractivity contribution in [2.75, 3.05) is 6.54 Å². The second-order valence-electron chi connectivity index (χ2n) is 7.12. The maximum absolute atomic E-state index is 12.9. The van der Waals surface area contributed by atoms with Crippen molar-refractivity contribution in [1.82, 2.24) is 4.90 Å². The van der Waals surface area contributed by atoms with E-state index in [0.29, 0.717) is 17.9 Å². The summed E-state index contributed by atoms with van der Waals surface area (Å²) >= 11 is 0. The van der Waals surface area contributed by atoms with Gasteiger partial charge in [-0.1, -0.05) is 13.3 Å². The fourth-order valence-corrected chi connectivity index (χ4v) is 4.63. The molecule has 0 aromatic rings. The van der Waals surface area contributed by atoms with E-state index in [1.165, 1.54) is 38.5 Å². The molecule has 0 spiro atoms. The number of hydrogen-bond donors (Lipinski definition) is 1. The molecule has 1 aliphatic heterocycles. The van der Waals surface area contributed by atoms with Crippen molar-refractivity contribution in [3.8, 4) is 0 Å². The molecule has 0 aromatic heterocycles. The largest absolute Gasteiger partial charge is 0.339 e. The summed E-state index contributed by atoms with van der Waals surface area (Å²) in [6.07, 6.45) is 9.64. The second kappa shape index (κ2) is 5.43. The Bertz CT molecular complexity index is 344. The first-order valence-electron chi connectivity index (χ1n) is 8.23. The average molecular weight is 264 g/mol. The molecule has 108 valence electrons. The van der Waals surface area contributed by atoms with Crippen LogP contribution in [0.5, 0.6) is 0 Å². The highest BCUT2D eigenvalue weighted by atomic mass is 16.2. The molecule has 3 heteroatoms. The van der Waals surface area contributed by atoms with E-state index in [1.54, 1.807) is 0 Å². The van der Waals surface area contributed by atoms with E-state index < -0.39 is 0 Å². The summed E-state index contributed by atoms with van der Waals surface area (Å²) in [4.78, 5) is 15.1. The predicted molar refractivity (Wildman–Crippen MR) is 76.6 cm³/mol. The molecule has 0 aromatic carbocycles. The lowest BCUT2D eigenvalue weighted by Crippen LogP contribution is -2.53. The van der Waals surface area contributed by atoms with Crippen molar-refractivity contribution in [2.24, 2.45) is 23.5 Å². The standard InChI is InChI=1S/C16H28N2O/c1-11-7-8-14(17)13(10-11)16(19)18-9-3-5-12-4-2-6-15(12)18/h11-15H,2-10,17H2,1H3. The van der Waals surface area contributed by atoms with Gasteiger partial charge in [0.1, 0.15) is 0 Å². The molecule has 1 amide bonds. The summed E-state index contributed by atoms with van der Waals surface area (Å²) in [6, 6.07) is 0.649. The number of nitrogens with zero attached hydrogens (tertiary/aromatic N) is 1. The number of fused-ring (bicyclic) bond motifs is 1. The van der Waals surface area contributed by atoms with Gasteiger partial charge in [-0.05, 0) is 56.8 Å². The van der Waals surface area contributed by atoms with Gasteiger partial charge in [0.25, 0.3) is 0 Å². The van der Waals surface area contributed by atoms with E-state index >= 15 is 0 Å². The van der Waals surface area contributed by atoms with Crippen LogP contribution in [0.25, 0.3) is 0 Å². The fraction of sp³-hybridized carbons (Fsp3) is 0.938. The molecule has 5 unspecified atom stereocenters. The van der Waals surface area contributed by atoms with Crippen molar-refractivity contribution in [3.05, 3.63) is 0 Å². The highest BCUT2D eigenvalue weighted by Crippen LogP contribution is 2.39. The molecule has 3 aliphatic rings. The smallest absolute Gasteiger partial charge is 0.227 e.